The summed E-state index contributed by atoms with van der Waals surface area (Å²) in [4.78, 5) is 1.39. The third-order valence-corrected chi connectivity index (χ3v) is 4.02. The van der Waals surface area contributed by atoms with Gasteiger partial charge in [0.05, 0.1) is 5.69 Å². The molecule has 0 saturated heterocycles. The van der Waals surface area contributed by atoms with E-state index in [1.165, 1.54) is 21.2 Å². The van der Waals surface area contributed by atoms with Crippen LogP contribution in [0.15, 0.2) is 34.3 Å². The number of benzene rings is 1. The highest BCUT2D eigenvalue weighted by Gasteiger charge is 2.32. The molecule has 2 aliphatic rings. The van der Waals surface area contributed by atoms with E-state index < -0.39 is 0 Å². The molecule has 2 aliphatic heterocycles. The summed E-state index contributed by atoms with van der Waals surface area (Å²) in [7, 11) is 2.01. The number of hydrogen-bond donors (Lipinski definition) is 1. The van der Waals surface area contributed by atoms with Crippen molar-refractivity contribution in [2.24, 2.45) is 0 Å². The predicted octanol–water partition coefficient (Wildman–Crippen LogP) is 2.89. The molecule has 1 aromatic carbocycles. The summed E-state index contributed by atoms with van der Waals surface area (Å²) in [6.45, 7) is 4.49. The predicted molar refractivity (Wildman–Crippen MR) is 67.8 cm³/mol. The minimum atomic E-state index is 0.570. The van der Waals surface area contributed by atoms with Crippen molar-refractivity contribution < 1.29 is 0 Å². The molecule has 1 N–H and O–H groups in total. The van der Waals surface area contributed by atoms with Crippen molar-refractivity contribution in [2.75, 3.05) is 12.1 Å². The molecule has 2 heterocycles. The zero-order chi connectivity index (χ0) is 11.3. The van der Waals surface area contributed by atoms with Gasteiger partial charge in [-0.3, -0.25) is 5.01 Å². The molecule has 3 nitrogen and oxygen atoms in total. The summed E-state index contributed by atoms with van der Waals surface area (Å²) < 4.78 is 0. The number of nitrogens with one attached hydrogen (secondary N) is 1. The van der Waals surface area contributed by atoms with Crippen LogP contribution in [0.1, 0.15) is 25.3 Å². The molecule has 0 fully saturated rings. The maximum Gasteiger partial charge on any atom is 0.115 e. The standard InChI is InChI=1S/C12H15N3S/c1-8(2)9-5-4-6-10-12(9)16-11-7-14(3)13-15(10)11/h4-8,13H,1-3H3. The third kappa shape index (κ3) is 1.33. The lowest BCUT2D eigenvalue weighted by atomic mass is 10.0. The maximum absolute atomic E-state index is 3.29. The van der Waals surface area contributed by atoms with E-state index in [1.807, 2.05) is 23.8 Å². The minimum Gasteiger partial charge on any atom is -0.298 e. The molecular formula is C12H15N3S. The number of rotatable bonds is 1. The molecule has 0 bridgehead atoms. The van der Waals surface area contributed by atoms with Crippen LogP contribution < -0.4 is 10.5 Å². The number of hydrogen-bond acceptors (Lipinski definition) is 4. The van der Waals surface area contributed by atoms with Gasteiger partial charge in [0.25, 0.3) is 0 Å². The van der Waals surface area contributed by atoms with Crippen LogP contribution in [0.5, 0.6) is 0 Å². The van der Waals surface area contributed by atoms with E-state index in [-0.39, 0.29) is 0 Å². The molecule has 0 aromatic heterocycles. The summed E-state index contributed by atoms with van der Waals surface area (Å²) in [6, 6.07) is 6.53. The van der Waals surface area contributed by atoms with Crippen molar-refractivity contribution in [3.8, 4) is 0 Å². The molecule has 0 aliphatic carbocycles. The SMILES string of the molecule is CC(C)c1cccc2c1SC1=CN(C)NN12. The van der Waals surface area contributed by atoms with E-state index in [4.69, 9.17) is 0 Å². The fraction of sp³-hybridized carbons (Fsp3) is 0.333. The lowest BCUT2D eigenvalue weighted by Gasteiger charge is -2.19. The molecule has 3 rings (SSSR count). The van der Waals surface area contributed by atoms with Crippen LogP contribution in [0.25, 0.3) is 0 Å². The Labute approximate surface area is 100 Å². The van der Waals surface area contributed by atoms with E-state index >= 15 is 0 Å². The Morgan fingerprint density at radius 1 is 1.31 bits per heavy atom. The molecule has 84 valence electrons. The van der Waals surface area contributed by atoms with Crippen molar-refractivity contribution in [2.45, 2.75) is 24.7 Å². The Bertz CT molecular complexity index is 467. The van der Waals surface area contributed by atoms with Gasteiger partial charge in [-0.05, 0) is 17.5 Å². The largest absolute Gasteiger partial charge is 0.298 e. The Balaban J connectivity index is 2.09. The molecule has 4 heteroatoms. The molecule has 0 radical (unpaired) electrons. The number of fused-ring (bicyclic) bond motifs is 3. The van der Waals surface area contributed by atoms with Crippen molar-refractivity contribution in [3.05, 3.63) is 35.0 Å². The highest BCUT2D eigenvalue weighted by molar-refractivity contribution is 8.03. The van der Waals surface area contributed by atoms with Gasteiger partial charge < -0.3 is 0 Å². The lowest BCUT2D eigenvalue weighted by Crippen LogP contribution is -2.37. The van der Waals surface area contributed by atoms with Crippen LogP contribution >= 0.6 is 11.8 Å². The lowest BCUT2D eigenvalue weighted by molar-refractivity contribution is 0.358. The topological polar surface area (TPSA) is 18.5 Å². The highest BCUT2D eigenvalue weighted by atomic mass is 32.2. The van der Waals surface area contributed by atoms with Gasteiger partial charge in [-0.25, -0.2) is 5.01 Å². The van der Waals surface area contributed by atoms with Crippen molar-refractivity contribution >= 4 is 17.4 Å². The van der Waals surface area contributed by atoms with Gasteiger partial charge in [0.15, 0.2) is 0 Å². The Hall–Kier alpha value is -1.13. The first-order chi connectivity index (χ1) is 7.66. The normalized spacial score (nSPS) is 17.9. The van der Waals surface area contributed by atoms with Crippen LogP contribution in [-0.4, -0.2) is 12.1 Å². The van der Waals surface area contributed by atoms with Crippen LogP contribution in [-0.2, 0) is 0 Å². The van der Waals surface area contributed by atoms with E-state index in [9.17, 15) is 0 Å². The molecule has 16 heavy (non-hydrogen) atoms. The van der Waals surface area contributed by atoms with Crippen LogP contribution in [0, 0.1) is 0 Å². The second-order valence-electron chi connectivity index (χ2n) is 4.47. The quantitative estimate of drug-likeness (QED) is 0.803. The summed E-state index contributed by atoms with van der Waals surface area (Å²) in [5.74, 6) is 0.570. The van der Waals surface area contributed by atoms with Crippen molar-refractivity contribution in [3.63, 3.8) is 0 Å². The number of anilines is 1. The van der Waals surface area contributed by atoms with Crippen molar-refractivity contribution in [1.82, 2.24) is 10.5 Å². The Kier molecular flexibility index (Phi) is 2.16. The monoisotopic (exact) mass is 233 g/mol. The second-order valence-corrected chi connectivity index (χ2v) is 5.50. The molecule has 0 spiro atoms. The molecule has 0 atom stereocenters. The fourth-order valence-corrected chi connectivity index (χ4v) is 3.43. The van der Waals surface area contributed by atoms with E-state index in [2.05, 4.69) is 48.8 Å². The molecule has 1 aromatic rings. The van der Waals surface area contributed by atoms with Gasteiger partial charge in [0, 0.05) is 18.1 Å². The number of nitrogens with zero attached hydrogens (tertiary/aromatic N) is 2. The zero-order valence-electron chi connectivity index (χ0n) is 9.69. The smallest absolute Gasteiger partial charge is 0.115 e. The van der Waals surface area contributed by atoms with Gasteiger partial charge in [0.1, 0.15) is 5.03 Å². The average molecular weight is 233 g/mol. The van der Waals surface area contributed by atoms with Gasteiger partial charge >= 0.3 is 0 Å². The molecular weight excluding hydrogens is 218 g/mol. The number of thioether (sulfide) groups is 1. The summed E-state index contributed by atoms with van der Waals surface area (Å²) in [5.41, 5.74) is 5.99. The second kappa shape index (κ2) is 3.43. The first kappa shape index (κ1) is 10.1. The van der Waals surface area contributed by atoms with E-state index in [1.54, 1.807) is 0 Å². The molecule has 0 unspecified atom stereocenters. The van der Waals surface area contributed by atoms with Crippen LogP contribution in [0.2, 0.25) is 0 Å². The first-order valence-electron chi connectivity index (χ1n) is 5.48. The van der Waals surface area contributed by atoms with Gasteiger partial charge in [0.2, 0.25) is 0 Å². The summed E-state index contributed by atoms with van der Waals surface area (Å²) >= 11 is 1.85. The van der Waals surface area contributed by atoms with Crippen LogP contribution in [0.3, 0.4) is 0 Å². The summed E-state index contributed by atoms with van der Waals surface area (Å²) in [6.07, 6.45) is 2.12. The fourth-order valence-electron chi connectivity index (χ4n) is 2.09. The average Bonchev–Trinajstić information content (AvgIpc) is 2.72. The van der Waals surface area contributed by atoms with Crippen molar-refractivity contribution in [1.29, 1.82) is 0 Å². The summed E-state index contributed by atoms with van der Waals surface area (Å²) in [5, 5.41) is 5.38. The Morgan fingerprint density at radius 2 is 2.12 bits per heavy atom. The number of hydrazine groups is 2. The Morgan fingerprint density at radius 3 is 2.88 bits per heavy atom. The third-order valence-electron chi connectivity index (χ3n) is 2.88. The van der Waals surface area contributed by atoms with E-state index in [0.29, 0.717) is 5.92 Å². The first-order valence-corrected chi connectivity index (χ1v) is 6.30. The van der Waals surface area contributed by atoms with Gasteiger partial charge in [-0.15, -0.1) is 5.53 Å². The highest BCUT2D eigenvalue weighted by Crippen LogP contribution is 2.49. The van der Waals surface area contributed by atoms with Crippen LogP contribution in [0.4, 0.5) is 5.69 Å². The van der Waals surface area contributed by atoms with Gasteiger partial charge in [-0.1, -0.05) is 37.7 Å². The molecule has 0 saturated carbocycles. The molecule has 0 amide bonds. The zero-order valence-corrected chi connectivity index (χ0v) is 10.5. The maximum atomic E-state index is 3.29. The van der Waals surface area contributed by atoms with Gasteiger partial charge in [-0.2, -0.15) is 0 Å². The minimum absolute atomic E-state index is 0.570. The van der Waals surface area contributed by atoms with E-state index in [0.717, 1.165) is 0 Å².